The molecule has 1 N–H and O–H groups in total. The van der Waals surface area contributed by atoms with Gasteiger partial charge in [-0.3, -0.25) is 9.78 Å². The van der Waals surface area contributed by atoms with Gasteiger partial charge in [-0.05, 0) is 18.9 Å². The Hall–Kier alpha value is -1.89. The van der Waals surface area contributed by atoms with E-state index in [9.17, 15) is 13.2 Å². The highest BCUT2D eigenvalue weighted by Gasteiger charge is 2.29. The largest absolute Gasteiger partial charge is 0.481 e. The van der Waals surface area contributed by atoms with E-state index in [0.29, 0.717) is 5.52 Å². The van der Waals surface area contributed by atoms with Crippen molar-refractivity contribution in [3.8, 4) is 0 Å². The molecule has 6 nitrogen and oxygen atoms in total. The molecule has 2 aromatic heterocycles. The number of carboxylic acids is 1. The normalized spacial score (nSPS) is 18.4. The van der Waals surface area contributed by atoms with Gasteiger partial charge in [0.2, 0.25) is 0 Å². The molecule has 0 bridgehead atoms. The Bertz CT molecular complexity index is 807. The maximum atomic E-state index is 11.9. The second kappa shape index (κ2) is 4.31. The molecule has 7 heteroatoms. The van der Waals surface area contributed by atoms with Crippen molar-refractivity contribution >= 4 is 26.7 Å². The fourth-order valence-electron chi connectivity index (χ4n) is 2.93. The predicted octanol–water partition coefficient (Wildman–Crippen LogP) is 1.40. The van der Waals surface area contributed by atoms with Crippen LogP contribution < -0.4 is 0 Å². The highest BCUT2D eigenvalue weighted by Crippen LogP contribution is 2.37. The third-order valence-electron chi connectivity index (χ3n) is 3.69. The number of rotatable bonds is 3. The lowest BCUT2D eigenvalue weighted by Crippen LogP contribution is -2.11. The van der Waals surface area contributed by atoms with Crippen LogP contribution in [0.25, 0.3) is 10.9 Å². The van der Waals surface area contributed by atoms with Crippen molar-refractivity contribution in [3.63, 3.8) is 0 Å². The quantitative estimate of drug-likeness (QED) is 0.924. The fraction of sp³-hybridized carbons (Fsp3) is 0.385. The van der Waals surface area contributed by atoms with Crippen LogP contribution in [-0.4, -0.2) is 35.3 Å². The summed E-state index contributed by atoms with van der Waals surface area (Å²) in [4.78, 5) is 15.1. The number of hydrogen-bond acceptors (Lipinski definition) is 4. The zero-order chi connectivity index (χ0) is 14.5. The van der Waals surface area contributed by atoms with Gasteiger partial charge in [0.15, 0.2) is 9.84 Å². The number of sulfone groups is 1. The maximum absolute atomic E-state index is 11.9. The van der Waals surface area contributed by atoms with Crippen LogP contribution in [0.4, 0.5) is 0 Å². The average Bonchev–Trinajstić information content (AvgIpc) is 2.86. The number of hydrogen-bond donors (Lipinski definition) is 1. The van der Waals surface area contributed by atoms with E-state index in [4.69, 9.17) is 5.11 Å². The Morgan fingerprint density at radius 1 is 1.50 bits per heavy atom. The van der Waals surface area contributed by atoms with Gasteiger partial charge in [0, 0.05) is 35.8 Å². The molecule has 0 saturated carbocycles. The van der Waals surface area contributed by atoms with E-state index in [1.165, 1.54) is 6.20 Å². The molecule has 1 atom stereocenters. The molecule has 1 aliphatic rings. The maximum Gasteiger partial charge on any atom is 0.305 e. The van der Waals surface area contributed by atoms with Crippen molar-refractivity contribution in [2.24, 2.45) is 0 Å². The van der Waals surface area contributed by atoms with Crippen LogP contribution in [0, 0.1) is 0 Å². The third kappa shape index (κ3) is 1.98. The Morgan fingerprint density at radius 3 is 2.90 bits per heavy atom. The Balaban J connectivity index is 2.28. The molecule has 3 heterocycles. The lowest BCUT2D eigenvalue weighted by Gasteiger charge is -2.14. The molecule has 106 valence electrons. The van der Waals surface area contributed by atoms with Crippen LogP contribution in [0.15, 0.2) is 23.4 Å². The van der Waals surface area contributed by atoms with E-state index < -0.39 is 15.8 Å². The molecule has 2 aromatic rings. The second-order valence-electron chi connectivity index (χ2n) is 5.14. The predicted molar refractivity (Wildman–Crippen MR) is 72.5 cm³/mol. The minimum atomic E-state index is -3.40. The van der Waals surface area contributed by atoms with Gasteiger partial charge in [0.25, 0.3) is 0 Å². The number of carboxylic acid groups (broad SMARTS) is 1. The zero-order valence-corrected chi connectivity index (χ0v) is 11.7. The van der Waals surface area contributed by atoms with Crippen LogP contribution >= 0.6 is 0 Å². The number of carbonyl (C=O) groups is 1. The molecule has 0 radical (unpaired) electrons. The van der Waals surface area contributed by atoms with Crippen LogP contribution in [0.5, 0.6) is 0 Å². The summed E-state index contributed by atoms with van der Waals surface area (Å²) in [7, 11) is -3.40. The highest BCUT2D eigenvalue weighted by atomic mass is 32.2. The van der Waals surface area contributed by atoms with Crippen molar-refractivity contribution in [3.05, 3.63) is 24.2 Å². The minimum absolute atomic E-state index is 0.00229. The second-order valence-corrected chi connectivity index (χ2v) is 7.13. The van der Waals surface area contributed by atoms with Gasteiger partial charge < -0.3 is 9.67 Å². The first-order valence-electron chi connectivity index (χ1n) is 6.27. The number of aliphatic carboxylic acids is 1. The zero-order valence-electron chi connectivity index (χ0n) is 10.9. The van der Waals surface area contributed by atoms with E-state index >= 15 is 0 Å². The van der Waals surface area contributed by atoms with Gasteiger partial charge in [-0.25, -0.2) is 8.42 Å². The fourth-order valence-corrected chi connectivity index (χ4v) is 3.75. The number of fused-ring (bicyclic) bond motifs is 3. The summed E-state index contributed by atoms with van der Waals surface area (Å²) >= 11 is 0. The lowest BCUT2D eigenvalue weighted by atomic mass is 10.1. The molecule has 0 aliphatic carbocycles. The molecule has 0 aromatic carbocycles. The summed E-state index contributed by atoms with van der Waals surface area (Å²) in [6.45, 7) is 0. The molecule has 3 rings (SSSR count). The topological polar surface area (TPSA) is 89.3 Å². The standard InChI is InChI=1S/C13H14N2O4S/c1-20(18,19)11-7-14-6-8-4-9-2-3-10(5-12(16)17)15(9)13(8)11/h4,6-7,10H,2-3,5H2,1H3,(H,16,17). The number of aryl methyl sites for hydroxylation is 1. The molecule has 20 heavy (non-hydrogen) atoms. The van der Waals surface area contributed by atoms with Gasteiger partial charge in [-0.15, -0.1) is 0 Å². The Labute approximate surface area is 116 Å². The monoisotopic (exact) mass is 294 g/mol. The van der Waals surface area contributed by atoms with Gasteiger partial charge in [-0.2, -0.15) is 0 Å². The number of nitrogens with zero attached hydrogens (tertiary/aromatic N) is 2. The van der Waals surface area contributed by atoms with Crippen LogP contribution in [0.1, 0.15) is 24.6 Å². The first-order valence-corrected chi connectivity index (χ1v) is 8.16. The van der Waals surface area contributed by atoms with Gasteiger partial charge in [-0.1, -0.05) is 0 Å². The van der Waals surface area contributed by atoms with E-state index in [0.717, 1.165) is 30.2 Å². The summed E-state index contributed by atoms with van der Waals surface area (Å²) < 4.78 is 25.7. The van der Waals surface area contributed by atoms with E-state index in [-0.39, 0.29) is 17.4 Å². The summed E-state index contributed by atoms with van der Waals surface area (Å²) in [5.74, 6) is -0.875. The summed E-state index contributed by atoms with van der Waals surface area (Å²) in [6, 6.07) is 1.71. The van der Waals surface area contributed by atoms with Crippen LogP contribution in [0.3, 0.4) is 0 Å². The van der Waals surface area contributed by atoms with Gasteiger partial charge >= 0.3 is 5.97 Å². The number of aromatic nitrogens is 2. The molecule has 0 fully saturated rings. The summed E-state index contributed by atoms with van der Waals surface area (Å²) in [6.07, 6.45) is 5.58. The third-order valence-corrected chi connectivity index (χ3v) is 4.79. The highest BCUT2D eigenvalue weighted by molar-refractivity contribution is 7.91. The minimum Gasteiger partial charge on any atom is -0.481 e. The Kier molecular flexibility index (Phi) is 2.82. The van der Waals surface area contributed by atoms with Gasteiger partial charge in [0.05, 0.1) is 11.9 Å². The van der Waals surface area contributed by atoms with E-state index in [2.05, 4.69) is 4.98 Å². The van der Waals surface area contributed by atoms with Crippen molar-refractivity contribution in [2.45, 2.75) is 30.2 Å². The summed E-state index contributed by atoms with van der Waals surface area (Å²) in [5, 5.41) is 9.74. The van der Waals surface area contributed by atoms with Crippen molar-refractivity contribution in [2.75, 3.05) is 6.26 Å². The molecule has 1 aliphatic heterocycles. The van der Waals surface area contributed by atoms with E-state index in [1.54, 1.807) is 6.20 Å². The van der Waals surface area contributed by atoms with E-state index in [1.807, 2.05) is 10.6 Å². The first kappa shape index (κ1) is 13.1. The first-order chi connectivity index (χ1) is 9.38. The lowest BCUT2D eigenvalue weighted by molar-refractivity contribution is -0.137. The average molecular weight is 294 g/mol. The summed E-state index contributed by atoms with van der Waals surface area (Å²) in [5.41, 5.74) is 1.56. The SMILES string of the molecule is CS(=O)(=O)c1cncc2cc3n(c12)C(CC(=O)O)CC3. The van der Waals surface area contributed by atoms with Crippen LogP contribution in [0.2, 0.25) is 0 Å². The van der Waals surface area contributed by atoms with Crippen molar-refractivity contribution in [1.82, 2.24) is 9.55 Å². The molecule has 0 amide bonds. The molecule has 0 saturated heterocycles. The number of pyridine rings is 1. The Morgan fingerprint density at radius 2 is 2.25 bits per heavy atom. The van der Waals surface area contributed by atoms with Crippen molar-refractivity contribution < 1.29 is 18.3 Å². The van der Waals surface area contributed by atoms with Gasteiger partial charge in [0.1, 0.15) is 4.90 Å². The smallest absolute Gasteiger partial charge is 0.305 e. The molecule has 0 spiro atoms. The molecular formula is C13H14N2O4S. The molecular weight excluding hydrogens is 280 g/mol. The van der Waals surface area contributed by atoms with Crippen molar-refractivity contribution in [1.29, 1.82) is 0 Å². The van der Waals surface area contributed by atoms with Crippen LogP contribution in [-0.2, 0) is 21.1 Å². The molecule has 1 unspecified atom stereocenters.